The van der Waals surface area contributed by atoms with E-state index >= 15 is 0 Å². The molecule has 0 radical (unpaired) electrons. The molecular formula is C13H18F3N3. The number of hydrogen-bond donors (Lipinski definition) is 2. The number of alkyl halides is 3. The molecule has 0 amide bonds. The van der Waals surface area contributed by atoms with Crippen molar-refractivity contribution in [1.29, 1.82) is 0 Å². The molecule has 2 rings (SSSR count). The highest BCUT2D eigenvalue weighted by atomic mass is 19.4. The summed E-state index contributed by atoms with van der Waals surface area (Å²) >= 11 is 0. The van der Waals surface area contributed by atoms with Gasteiger partial charge in [-0.2, -0.15) is 13.2 Å². The van der Waals surface area contributed by atoms with Crippen molar-refractivity contribution >= 4 is 5.82 Å². The maximum atomic E-state index is 12.4. The molecule has 0 spiro atoms. The second-order valence-electron chi connectivity index (χ2n) is 5.21. The van der Waals surface area contributed by atoms with Crippen LogP contribution in [0.1, 0.15) is 37.7 Å². The number of rotatable bonds is 3. The molecule has 0 aliphatic heterocycles. The number of nitrogens with two attached hydrogens (primary N) is 1. The second-order valence-corrected chi connectivity index (χ2v) is 5.21. The third kappa shape index (κ3) is 3.83. The van der Waals surface area contributed by atoms with Gasteiger partial charge < -0.3 is 11.1 Å². The maximum absolute atomic E-state index is 12.4. The van der Waals surface area contributed by atoms with Gasteiger partial charge in [-0.1, -0.05) is 19.3 Å². The van der Waals surface area contributed by atoms with Crippen LogP contribution in [0, 0.1) is 0 Å². The minimum absolute atomic E-state index is 0.261. The largest absolute Gasteiger partial charge is 0.417 e. The van der Waals surface area contributed by atoms with Gasteiger partial charge in [0.2, 0.25) is 0 Å². The SMILES string of the molecule is NC1(CNc2ccc(C(F)(F)F)cn2)CCCCC1. The Morgan fingerprint density at radius 3 is 2.42 bits per heavy atom. The molecule has 3 nitrogen and oxygen atoms in total. The maximum Gasteiger partial charge on any atom is 0.417 e. The Morgan fingerprint density at radius 2 is 1.89 bits per heavy atom. The summed E-state index contributed by atoms with van der Waals surface area (Å²) in [7, 11) is 0. The fourth-order valence-electron chi connectivity index (χ4n) is 2.37. The Labute approximate surface area is 110 Å². The molecule has 3 N–H and O–H groups in total. The zero-order valence-corrected chi connectivity index (χ0v) is 10.6. The highest BCUT2D eigenvalue weighted by molar-refractivity contribution is 5.36. The van der Waals surface area contributed by atoms with Crippen LogP contribution in [0.25, 0.3) is 0 Å². The topological polar surface area (TPSA) is 50.9 Å². The quantitative estimate of drug-likeness (QED) is 0.889. The Kier molecular flexibility index (Phi) is 3.99. The molecule has 6 heteroatoms. The normalized spacial score (nSPS) is 19.2. The Hall–Kier alpha value is -1.30. The second kappa shape index (κ2) is 5.36. The van der Waals surface area contributed by atoms with E-state index in [1.54, 1.807) is 0 Å². The first-order chi connectivity index (χ1) is 8.89. The van der Waals surface area contributed by atoms with Gasteiger partial charge in [0.1, 0.15) is 5.82 Å². The summed E-state index contributed by atoms with van der Waals surface area (Å²) < 4.78 is 37.1. The summed E-state index contributed by atoms with van der Waals surface area (Å²) in [5.74, 6) is 0.434. The van der Waals surface area contributed by atoms with Crippen molar-refractivity contribution in [3.63, 3.8) is 0 Å². The third-order valence-electron chi connectivity index (χ3n) is 3.56. The van der Waals surface area contributed by atoms with Crippen molar-refractivity contribution in [2.24, 2.45) is 5.73 Å². The molecular weight excluding hydrogens is 255 g/mol. The standard InChI is InChI=1S/C13H18F3N3/c14-13(15,16)10-4-5-11(18-8-10)19-9-12(17)6-2-1-3-7-12/h4-5,8H,1-3,6-7,9,17H2,(H,18,19). The van der Waals surface area contributed by atoms with Crippen molar-refractivity contribution in [1.82, 2.24) is 4.98 Å². The molecule has 1 aliphatic rings. The van der Waals surface area contributed by atoms with Crippen molar-refractivity contribution in [3.8, 4) is 0 Å². The zero-order chi connectivity index (χ0) is 13.9. The van der Waals surface area contributed by atoms with Crippen LogP contribution in [0.15, 0.2) is 18.3 Å². The molecule has 1 fully saturated rings. The Balaban J connectivity index is 1.93. The number of halogens is 3. The van der Waals surface area contributed by atoms with Gasteiger partial charge in [-0.05, 0) is 25.0 Å². The Morgan fingerprint density at radius 1 is 1.21 bits per heavy atom. The van der Waals surface area contributed by atoms with E-state index in [-0.39, 0.29) is 5.54 Å². The zero-order valence-electron chi connectivity index (χ0n) is 10.6. The molecule has 1 aliphatic carbocycles. The van der Waals surface area contributed by atoms with E-state index in [1.165, 1.54) is 12.5 Å². The van der Waals surface area contributed by atoms with Crippen LogP contribution >= 0.6 is 0 Å². The lowest BCUT2D eigenvalue weighted by Gasteiger charge is -2.33. The van der Waals surface area contributed by atoms with Gasteiger partial charge in [0.05, 0.1) is 5.56 Å². The molecule has 1 saturated carbocycles. The minimum Gasteiger partial charge on any atom is -0.368 e. The van der Waals surface area contributed by atoms with Gasteiger partial charge in [0.25, 0.3) is 0 Å². The number of nitrogens with one attached hydrogen (secondary N) is 1. The summed E-state index contributed by atoms with van der Waals surface area (Å²) in [6, 6.07) is 2.37. The average Bonchev–Trinajstić information content (AvgIpc) is 2.37. The van der Waals surface area contributed by atoms with Gasteiger partial charge in [0, 0.05) is 18.3 Å². The minimum atomic E-state index is -4.34. The fourth-order valence-corrected chi connectivity index (χ4v) is 2.37. The van der Waals surface area contributed by atoms with Crippen LogP contribution in [-0.2, 0) is 6.18 Å². The van der Waals surface area contributed by atoms with Crippen molar-refractivity contribution in [3.05, 3.63) is 23.9 Å². The molecule has 0 unspecified atom stereocenters. The lowest BCUT2D eigenvalue weighted by Crippen LogP contribution is -2.47. The monoisotopic (exact) mass is 273 g/mol. The highest BCUT2D eigenvalue weighted by Crippen LogP contribution is 2.29. The summed E-state index contributed by atoms with van der Waals surface area (Å²) in [6.07, 6.45) is 1.81. The third-order valence-corrected chi connectivity index (χ3v) is 3.56. The van der Waals surface area contributed by atoms with E-state index < -0.39 is 11.7 Å². The number of anilines is 1. The van der Waals surface area contributed by atoms with Gasteiger partial charge in [-0.15, -0.1) is 0 Å². The summed E-state index contributed by atoms with van der Waals surface area (Å²) in [5.41, 5.74) is 5.24. The lowest BCUT2D eigenvalue weighted by molar-refractivity contribution is -0.137. The van der Waals surface area contributed by atoms with Crippen LogP contribution < -0.4 is 11.1 Å². The Bertz CT molecular complexity index is 408. The molecule has 106 valence electrons. The van der Waals surface area contributed by atoms with E-state index in [2.05, 4.69) is 10.3 Å². The van der Waals surface area contributed by atoms with Gasteiger partial charge >= 0.3 is 6.18 Å². The van der Waals surface area contributed by atoms with Crippen molar-refractivity contribution < 1.29 is 13.2 Å². The molecule has 0 atom stereocenters. The lowest BCUT2D eigenvalue weighted by atomic mass is 9.82. The van der Waals surface area contributed by atoms with Crippen LogP contribution in [0.5, 0.6) is 0 Å². The summed E-state index contributed by atoms with van der Waals surface area (Å²) in [4.78, 5) is 3.77. The van der Waals surface area contributed by atoms with Crippen molar-refractivity contribution in [2.75, 3.05) is 11.9 Å². The predicted molar refractivity (Wildman–Crippen MR) is 67.7 cm³/mol. The van der Waals surface area contributed by atoms with Gasteiger partial charge in [-0.3, -0.25) is 0 Å². The van der Waals surface area contributed by atoms with Crippen molar-refractivity contribution in [2.45, 2.75) is 43.8 Å². The van der Waals surface area contributed by atoms with Gasteiger partial charge in [-0.25, -0.2) is 4.98 Å². The molecule has 1 heterocycles. The van der Waals surface area contributed by atoms with Gasteiger partial charge in [0.15, 0.2) is 0 Å². The number of hydrogen-bond acceptors (Lipinski definition) is 3. The van der Waals surface area contributed by atoms with E-state index in [9.17, 15) is 13.2 Å². The molecule has 0 aromatic carbocycles. The van der Waals surface area contributed by atoms with Crippen LogP contribution in [0.3, 0.4) is 0 Å². The predicted octanol–water partition coefficient (Wildman–Crippen LogP) is 3.17. The average molecular weight is 273 g/mol. The highest BCUT2D eigenvalue weighted by Gasteiger charge is 2.31. The molecule has 0 bridgehead atoms. The number of pyridine rings is 1. The first kappa shape index (κ1) is 14.1. The molecule has 19 heavy (non-hydrogen) atoms. The van der Waals surface area contributed by atoms with E-state index in [0.717, 1.165) is 37.9 Å². The fraction of sp³-hybridized carbons (Fsp3) is 0.615. The number of aromatic nitrogens is 1. The number of nitrogens with zero attached hydrogens (tertiary/aromatic N) is 1. The molecule has 0 saturated heterocycles. The summed E-state index contributed by atoms with van der Waals surface area (Å²) in [5, 5.41) is 3.03. The first-order valence-electron chi connectivity index (χ1n) is 6.45. The molecule has 1 aromatic rings. The van der Waals surface area contributed by atoms with Crippen LogP contribution in [0.4, 0.5) is 19.0 Å². The molecule has 1 aromatic heterocycles. The van der Waals surface area contributed by atoms with Crippen LogP contribution in [-0.4, -0.2) is 17.1 Å². The smallest absolute Gasteiger partial charge is 0.368 e. The van der Waals surface area contributed by atoms with E-state index in [0.29, 0.717) is 12.4 Å². The summed E-state index contributed by atoms with van der Waals surface area (Å²) in [6.45, 7) is 0.547. The first-order valence-corrected chi connectivity index (χ1v) is 6.45. The van der Waals surface area contributed by atoms with E-state index in [1.807, 2.05) is 0 Å². The van der Waals surface area contributed by atoms with E-state index in [4.69, 9.17) is 5.73 Å². The van der Waals surface area contributed by atoms with Crippen LogP contribution in [0.2, 0.25) is 0 Å².